The molecule has 2 nitrogen and oxygen atoms in total. The van der Waals surface area contributed by atoms with Gasteiger partial charge in [0.1, 0.15) is 5.75 Å². The molecule has 0 saturated heterocycles. The highest BCUT2D eigenvalue weighted by molar-refractivity contribution is 5.34. The van der Waals surface area contributed by atoms with E-state index < -0.39 is 0 Å². The second-order valence-electron chi connectivity index (χ2n) is 4.80. The molecule has 1 unspecified atom stereocenters. The molecule has 0 spiro atoms. The molecule has 1 aromatic carbocycles. The first-order valence-corrected chi connectivity index (χ1v) is 6.07. The number of rotatable bonds is 5. The average molecular weight is 219 g/mol. The first-order valence-electron chi connectivity index (χ1n) is 6.07. The van der Waals surface area contributed by atoms with E-state index >= 15 is 0 Å². The van der Waals surface area contributed by atoms with Gasteiger partial charge in [-0.2, -0.15) is 0 Å². The predicted octanol–water partition coefficient (Wildman–Crippen LogP) is 2.89. The first kappa shape index (κ1) is 11.5. The summed E-state index contributed by atoms with van der Waals surface area (Å²) in [4.78, 5) is 0. The molecule has 1 aliphatic rings. The van der Waals surface area contributed by atoms with Crippen LogP contribution in [0.3, 0.4) is 0 Å². The Morgan fingerprint density at radius 1 is 1.44 bits per heavy atom. The van der Waals surface area contributed by atoms with Gasteiger partial charge in [0, 0.05) is 12.6 Å². The Morgan fingerprint density at radius 2 is 2.19 bits per heavy atom. The second kappa shape index (κ2) is 4.88. The van der Waals surface area contributed by atoms with E-state index in [1.807, 2.05) is 6.07 Å². The molecule has 1 atom stereocenters. The highest BCUT2D eigenvalue weighted by Crippen LogP contribution is 2.32. The standard InChI is InChI=1S/C14H21NO/c1-10-8-14(16-3)7-6-13(10)9-15-11(2)12-4-5-12/h6-8,11-12,15H,4-5,9H2,1-3H3. The molecule has 2 rings (SSSR count). The van der Waals surface area contributed by atoms with Crippen LogP contribution in [0.1, 0.15) is 30.9 Å². The zero-order valence-corrected chi connectivity index (χ0v) is 10.4. The number of nitrogens with one attached hydrogen (secondary N) is 1. The lowest BCUT2D eigenvalue weighted by atomic mass is 10.1. The normalized spacial score (nSPS) is 17.2. The number of hydrogen-bond donors (Lipinski definition) is 1. The van der Waals surface area contributed by atoms with Crippen LogP contribution in [0, 0.1) is 12.8 Å². The van der Waals surface area contributed by atoms with E-state index in [1.165, 1.54) is 24.0 Å². The average Bonchev–Trinajstić information content (AvgIpc) is 3.10. The first-order chi connectivity index (χ1) is 7.70. The monoisotopic (exact) mass is 219 g/mol. The number of aryl methyl sites for hydroxylation is 1. The van der Waals surface area contributed by atoms with E-state index in [0.717, 1.165) is 18.2 Å². The number of benzene rings is 1. The van der Waals surface area contributed by atoms with Crippen LogP contribution in [-0.4, -0.2) is 13.2 Å². The minimum atomic E-state index is 0.654. The van der Waals surface area contributed by atoms with E-state index in [1.54, 1.807) is 7.11 Å². The zero-order chi connectivity index (χ0) is 11.5. The molecule has 1 saturated carbocycles. The van der Waals surface area contributed by atoms with Crippen LogP contribution in [0.25, 0.3) is 0 Å². The number of hydrogen-bond acceptors (Lipinski definition) is 2. The summed E-state index contributed by atoms with van der Waals surface area (Å²) < 4.78 is 5.20. The van der Waals surface area contributed by atoms with Gasteiger partial charge in [0.05, 0.1) is 7.11 Å². The SMILES string of the molecule is COc1ccc(CNC(C)C2CC2)c(C)c1. The van der Waals surface area contributed by atoms with Gasteiger partial charge in [0.15, 0.2) is 0 Å². The number of ether oxygens (including phenoxy) is 1. The van der Waals surface area contributed by atoms with Crippen LogP contribution in [0.4, 0.5) is 0 Å². The Hall–Kier alpha value is -1.02. The summed E-state index contributed by atoms with van der Waals surface area (Å²) in [6, 6.07) is 6.94. The van der Waals surface area contributed by atoms with Gasteiger partial charge < -0.3 is 10.1 Å². The van der Waals surface area contributed by atoms with Crippen molar-refractivity contribution in [2.75, 3.05) is 7.11 Å². The molecular formula is C14H21NO. The Labute approximate surface area is 98.0 Å². The summed E-state index contributed by atoms with van der Waals surface area (Å²) in [5.74, 6) is 1.86. The summed E-state index contributed by atoms with van der Waals surface area (Å²) in [5.41, 5.74) is 2.67. The van der Waals surface area contributed by atoms with Crippen molar-refractivity contribution in [3.63, 3.8) is 0 Å². The van der Waals surface area contributed by atoms with Crippen molar-refractivity contribution < 1.29 is 4.74 Å². The molecule has 0 bridgehead atoms. The molecule has 1 fully saturated rings. The van der Waals surface area contributed by atoms with Crippen LogP contribution in [0.15, 0.2) is 18.2 Å². The van der Waals surface area contributed by atoms with Crippen molar-refractivity contribution in [3.05, 3.63) is 29.3 Å². The van der Waals surface area contributed by atoms with Crippen molar-refractivity contribution in [3.8, 4) is 5.75 Å². The second-order valence-corrected chi connectivity index (χ2v) is 4.80. The maximum Gasteiger partial charge on any atom is 0.119 e. The molecular weight excluding hydrogens is 198 g/mol. The molecule has 88 valence electrons. The lowest BCUT2D eigenvalue weighted by Gasteiger charge is -2.14. The number of methoxy groups -OCH3 is 1. The Balaban J connectivity index is 1.92. The van der Waals surface area contributed by atoms with Crippen molar-refractivity contribution in [2.24, 2.45) is 5.92 Å². The summed E-state index contributed by atoms with van der Waals surface area (Å²) in [5, 5.41) is 3.60. The van der Waals surface area contributed by atoms with Gasteiger partial charge in [-0.25, -0.2) is 0 Å². The molecule has 0 aromatic heterocycles. The van der Waals surface area contributed by atoms with Crippen LogP contribution in [0.5, 0.6) is 5.75 Å². The van der Waals surface area contributed by atoms with Gasteiger partial charge >= 0.3 is 0 Å². The highest BCUT2D eigenvalue weighted by atomic mass is 16.5. The summed E-state index contributed by atoms with van der Waals surface area (Å²) in [7, 11) is 1.71. The van der Waals surface area contributed by atoms with Crippen LogP contribution < -0.4 is 10.1 Å². The summed E-state index contributed by atoms with van der Waals surface area (Å²) in [6.07, 6.45) is 2.80. The molecule has 1 aromatic rings. The fourth-order valence-corrected chi connectivity index (χ4v) is 2.03. The van der Waals surface area contributed by atoms with E-state index in [0.29, 0.717) is 6.04 Å². The van der Waals surface area contributed by atoms with Gasteiger partial charge in [-0.05, 0) is 55.9 Å². The molecule has 0 heterocycles. The van der Waals surface area contributed by atoms with Crippen molar-refractivity contribution in [1.29, 1.82) is 0 Å². The molecule has 1 aliphatic carbocycles. The van der Waals surface area contributed by atoms with E-state index in [-0.39, 0.29) is 0 Å². The van der Waals surface area contributed by atoms with Crippen LogP contribution in [-0.2, 0) is 6.54 Å². The van der Waals surface area contributed by atoms with Gasteiger partial charge in [0.2, 0.25) is 0 Å². The zero-order valence-electron chi connectivity index (χ0n) is 10.4. The summed E-state index contributed by atoms with van der Waals surface area (Å²) in [6.45, 7) is 5.39. The van der Waals surface area contributed by atoms with Crippen LogP contribution in [0.2, 0.25) is 0 Å². The Bertz CT molecular complexity index is 358. The quantitative estimate of drug-likeness (QED) is 0.822. The topological polar surface area (TPSA) is 21.3 Å². The smallest absolute Gasteiger partial charge is 0.119 e. The minimum Gasteiger partial charge on any atom is -0.497 e. The third kappa shape index (κ3) is 2.76. The van der Waals surface area contributed by atoms with Crippen molar-refractivity contribution in [1.82, 2.24) is 5.32 Å². The lowest BCUT2D eigenvalue weighted by molar-refractivity contribution is 0.414. The minimum absolute atomic E-state index is 0.654. The van der Waals surface area contributed by atoms with E-state index in [2.05, 4.69) is 31.3 Å². The molecule has 0 amide bonds. The lowest BCUT2D eigenvalue weighted by Crippen LogP contribution is -2.27. The third-order valence-corrected chi connectivity index (χ3v) is 3.49. The molecule has 0 aliphatic heterocycles. The third-order valence-electron chi connectivity index (χ3n) is 3.49. The van der Waals surface area contributed by atoms with Crippen molar-refractivity contribution in [2.45, 2.75) is 39.3 Å². The highest BCUT2D eigenvalue weighted by Gasteiger charge is 2.27. The fourth-order valence-electron chi connectivity index (χ4n) is 2.03. The molecule has 0 radical (unpaired) electrons. The van der Waals surface area contributed by atoms with Gasteiger partial charge in [-0.3, -0.25) is 0 Å². The van der Waals surface area contributed by atoms with Gasteiger partial charge in [-0.15, -0.1) is 0 Å². The molecule has 16 heavy (non-hydrogen) atoms. The van der Waals surface area contributed by atoms with Gasteiger partial charge in [0.25, 0.3) is 0 Å². The largest absolute Gasteiger partial charge is 0.497 e. The molecule has 2 heteroatoms. The Morgan fingerprint density at radius 3 is 2.75 bits per heavy atom. The maximum atomic E-state index is 5.20. The Kier molecular flexibility index (Phi) is 3.49. The van der Waals surface area contributed by atoms with E-state index in [9.17, 15) is 0 Å². The fraction of sp³-hybridized carbons (Fsp3) is 0.571. The summed E-state index contributed by atoms with van der Waals surface area (Å²) >= 11 is 0. The maximum absolute atomic E-state index is 5.20. The van der Waals surface area contributed by atoms with Crippen molar-refractivity contribution >= 4 is 0 Å². The molecule has 1 N–H and O–H groups in total. The van der Waals surface area contributed by atoms with E-state index in [4.69, 9.17) is 4.74 Å². The van der Waals surface area contributed by atoms with Crippen LogP contribution >= 0.6 is 0 Å². The predicted molar refractivity (Wildman–Crippen MR) is 66.8 cm³/mol. The van der Waals surface area contributed by atoms with Gasteiger partial charge in [-0.1, -0.05) is 6.07 Å².